The summed E-state index contributed by atoms with van der Waals surface area (Å²) in [5, 5.41) is 25.4. The predicted octanol–water partition coefficient (Wildman–Crippen LogP) is 4.24. The van der Waals surface area contributed by atoms with Crippen LogP contribution >= 0.6 is 24.0 Å². The molecule has 1 aliphatic carbocycles. The van der Waals surface area contributed by atoms with Crippen LogP contribution in [0, 0.1) is 10.1 Å². The van der Waals surface area contributed by atoms with Gasteiger partial charge in [0.15, 0.2) is 0 Å². The second-order valence-electron chi connectivity index (χ2n) is 6.48. The zero-order chi connectivity index (χ0) is 17.8. The number of fused-ring (bicyclic) bond motifs is 1. The molecule has 0 spiro atoms. The van der Waals surface area contributed by atoms with Crippen LogP contribution in [-0.2, 0) is 12.8 Å². The van der Waals surface area contributed by atoms with Gasteiger partial charge in [-0.3, -0.25) is 10.1 Å². The maximum atomic E-state index is 11.0. The molecule has 26 heavy (non-hydrogen) atoms. The van der Waals surface area contributed by atoms with Crippen LogP contribution in [0.2, 0.25) is 5.02 Å². The highest BCUT2D eigenvalue weighted by Gasteiger charge is 2.20. The van der Waals surface area contributed by atoms with E-state index < -0.39 is 6.10 Å². The zero-order valence-corrected chi connectivity index (χ0v) is 15.8. The van der Waals surface area contributed by atoms with E-state index in [0.29, 0.717) is 11.6 Å². The smallest absolute Gasteiger partial charge is 0.269 e. The minimum atomic E-state index is -0.633. The minimum absolute atomic E-state index is 0. The quantitative estimate of drug-likeness (QED) is 0.450. The fraction of sp³-hybridized carbons (Fsp3) is 0.368. The zero-order valence-electron chi connectivity index (χ0n) is 14.2. The van der Waals surface area contributed by atoms with Crippen molar-refractivity contribution in [3.63, 3.8) is 0 Å². The van der Waals surface area contributed by atoms with E-state index in [1.807, 2.05) is 18.2 Å². The van der Waals surface area contributed by atoms with Gasteiger partial charge in [-0.25, -0.2) is 0 Å². The molecule has 3 rings (SSSR count). The molecule has 0 radical (unpaired) electrons. The average molecular weight is 397 g/mol. The first-order chi connectivity index (χ1) is 12.0. The van der Waals surface area contributed by atoms with Crippen LogP contribution in [0.15, 0.2) is 42.5 Å². The molecular formula is C19H22Cl2N2O3. The van der Waals surface area contributed by atoms with Crippen LogP contribution in [0.3, 0.4) is 0 Å². The molecule has 5 nitrogen and oxygen atoms in total. The van der Waals surface area contributed by atoms with E-state index in [1.54, 1.807) is 24.3 Å². The third-order valence-corrected chi connectivity index (χ3v) is 4.93. The van der Waals surface area contributed by atoms with Gasteiger partial charge in [-0.05, 0) is 54.5 Å². The van der Waals surface area contributed by atoms with Crippen LogP contribution in [-0.4, -0.2) is 22.6 Å². The van der Waals surface area contributed by atoms with Gasteiger partial charge in [0.25, 0.3) is 5.69 Å². The first kappa shape index (κ1) is 20.6. The number of rotatable bonds is 5. The Balaban J connectivity index is 0.00000243. The SMILES string of the molecule is Cl.O=[N+]([O-])c1ccc2c(c1)CC(NCC(O)c1cccc(Cl)c1)CCC2. The van der Waals surface area contributed by atoms with Gasteiger partial charge >= 0.3 is 0 Å². The summed E-state index contributed by atoms with van der Waals surface area (Å²) in [4.78, 5) is 10.6. The molecule has 0 saturated carbocycles. The van der Waals surface area contributed by atoms with E-state index in [-0.39, 0.29) is 29.1 Å². The van der Waals surface area contributed by atoms with Crippen LogP contribution in [0.5, 0.6) is 0 Å². The van der Waals surface area contributed by atoms with Crippen molar-refractivity contribution in [2.75, 3.05) is 6.54 Å². The maximum absolute atomic E-state index is 11.0. The number of aryl methyl sites for hydroxylation is 1. The molecule has 0 aromatic heterocycles. The number of nitrogens with zero attached hydrogens (tertiary/aromatic N) is 1. The Morgan fingerprint density at radius 2 is 2.08 bits per heavy atom. The van der Waals surface area contributed by atoms with Gasteiger partial charge in [0.2, 0.25) is 0 Å². The summed E-state index contributed by atoms with van der Waals surface area (Å²) in [7, 11) is 0. The van der Waals surface area contributed by atoms with Gasteiger partial charge in [-0.1, -0.05) is 29.8 Å². The Hall–Kier alpha value is -1.66. The van der Waals surface area contributed by atoms with E-state index in [9.17, 15) is 15.2 Å². The maximum Gasteiger partial charge on any atom is 0.269 e. The Kier molecular flexibility index (Phi) is 7.41. The third-order valence-electron chi connectivity index (χ3n) is 4.70. The Morgan fingerprint density at radius 1 is 1.27 bits per heavy atom. The third kappa shape index (κ3) is 5.17. The Morgan fingerprint density at radius 3 is 2.81 bits per heavy atom. The lowest BCUT2D eigenvalue weighted by Gasteiger charge is -2.20. The number of non-ortho nitro benzene ring substituents is 1. The fourth-order valence-electron chi connectivity index (χ4n) is 3.35. The van der Waals surface area contributed by atoms with Crippen molar-refractivity contribution < 1.29 is 10.0 Å². The number of hydrogen-bond donors (Lipinski definition) is 2. The standard InChI is InChI=1S/C19H21ClN2O3.ClH/c20-16-5-1-4-14(9-16)19(23)12-21-17-6-2-3-13-7-8-18(22(24)25)11-15(13)10-17;/h1,4-5,7-9,11,17,19,21,23H,2-3,6,10,12H2;1H. The molecule has 0 amide bonds. The number of aliphatic hydroxyl groups excluding tert-OH is 1. The number of halogens is 2. The van der Waals surface area contributed by atoms with Gasteiger partial charge in [0.1, 0.15) is 0 Å². The van der Waals surface area contributed by atoms with Gasteiger partial charge in [-0.15, -0.1) is 12.4 Å². The number of nitrogens with one attached hydrogen (secondary N) is 1. The topological polar surface area (TPSA) is 75.4 Å². The summed E-state index contributed by atoms with van der Waals surface area (Å²) in [5.74, 6) is 0. The molecule has 2 atom stereocenters. The van der Waals surface area contributed by atoms with Crippen molar-refractivity contribution in [2.45, 2.75) is 37.8 Å². The predicted molar refractivity (Wildman–Crippen MR) is 105 cm³/mol. The number of aliphatic hydroxyl groups is 1. The number of nitro benzene ring substituents is 1. The van der Waals surface area contributed by atoms with E-state index in [4.69, 9.17) is 11.6 Å². The Bertz CT molecular complexity index is 770. The van der Waals surface area contributed by atoms with Gasteiger partial charge in [-0.2, -0.15) is 0 Å². The number of benzene rings is 2. The molecule has 140 valence electrons. The number of nitro groups is 1. The molecule has 2 aromatic rings. The molecule has 1 aliphatic rings. The molecule has 2 unspecified atom stereocenters. The van der Waals surface area contributed by atoms with E-state index >= 15 is 0 Å². The van der Waals surface area contributed by atoms with Crippen molar-refractivity contribution in [1.29, 1.82) is 0 Å². The second-order valence-corrected chi connectivity index (χ2v) is 6.92. The first-order valence-electron chi connectivity index (χ1n) is 8.46. The van der Waals surface area contributed by atoms with Crippen molar-refractivity contribution in [2.24, 2.45) is 0 Å². The lowest BCUT2D eigenvalue weighted by molar-refractivity contribution is -0.384. The van der Waals surface area contributed by atoms with Crippen molar-refractivity contribution >= 4 is 29.7 Å². The van der Waals surface area contributed by atoms with Crippen LogP contribution in [0.25, 0.3) is 0 Å². The first-order valence-corrected chi connectivity index (χ1v) is 8.84. The fourth-order valence-corrected chi connectivity index (χ4v) is 3.55. The molecule has 2 aromatic carbocycles. The van der Waals surface area contributed by atoms with Crippen molar-refractivity contribution in [3.05, 3.63) is 74.3 Å². The van der Waals surface area contributed by atoms with E-state index in [2.05, 4.69) is 5.32 Å². The molecule has 0 saturated heterocycles. The molecule has 0 heterocycles. The molecule has 0 bridgehead atoms. The minimum Gasteiger partial charge on any atom is -0.387 e. The molecule has 0 fully saturated rings. The summed E-state index contributed by atoms with van der Waals surface area (Å²) in [6.07, 6.45) is 3.04. The Labute approximate surface area is 163 Å². The van der Waals surface area contributed by atoms with Gasteiger partial charge < -0.3 is 10.4 Å². The normalized spacial score (nSPS) is 17.5. The number of hydrogen-bond acceptors (Lipinski definition) is 4. The summed E-state index contributed by atoms with van der Waals surface area (Å²) in [6.45, 7) is 0.426. The van der Waals surface area contributed by atoms with Crippen molar-refractivity contribution in [1.82, 2.24) is 5.32 Å². The highest BCUT2D eigenvalue weighted by molar-refractivity contribution is 6.30. The largest absolute Gasteiger partial charge is 0.387 e. The molecule has 7 heteroatoms. The second kappa shape index (κ2) is 9.33. The lowest BCUT2D eigenvalue weighted by Crippen LogP contribution is -2.34. The van der Waals surface area contributed by atoms with Gasteiger partial charge in [0, 0.05) is 29.7 Å². The van der Waals surface area contributed by atoms with Crippen molar-refractivity contribution in [3.8, 4) is 0 Å². The summed E-state index contributed by atoms with van der Waals surface area (Å²) < 4.78 is 0. The molecule has 0 aliphatic heterocycles. The summed E-state index contributed by atoms with van der Waals surface area (Å²) >= 11 is 5.97. The lowest BCUT2D eigenvalue weighted by atomic mass is 10.0. The highest BCUT2D eigenvalue weighted by Crippen LogP contribution is 2.25. The van der Waals surface area contributed by atoms with E-state index in [1.165, 1.54) is 5.56 Å². The molecule has 2 N–H and O–H groups in total. The summed E-state index contributed by atoms with van der Waals surface area (Å²) in [6, 6.07) is 12.5. The highest BCUT2D eigenvalue weighted by atomic mass is 35.5. The monoisotopic (exact) mass is 396 g/mol. The van der Waals surface area contributed by atoms with E-state index in [0.717, 1.165) is 36.8 Å². The van der Waals surface area contributed by atoms with Crippen LogP contribution < -0.4 is 5.32 Å². The summed E-state index contributed by atoms with van der Waals surface area (Å²) in [5.41, 5.74) is 3.13. The molecular weight excluding hydrogens is 375 g/mol. The van der Waals surface area contributed by atoms with Gasteiger partial charge in [0.05, 0.1) is 11.0 Å². The van der Waals surface area contributed by atoms with Crippen LogP contribution in [0.4, 0.5) is 5.69 Å². The average Bonchev–Trinajstić information content (AvgIpc) is 2.80. The van der Waals surface area contributed by atoms with Crippen LogP contribution in [0.1, 0.15) is 35.6 Å².